The van der Waals surface area contributed by atoms with Crippen molar-refractivity contribution in [1.82, 2.24) is 0 Å². The quantitative estimate of drug-likeness (QED) is 0.0259. The summed E-state index contributed by atoms with van der Waals surface area (Å²) in [5.74, 6) is -1.72. The summed E-state index contributed by atoms with van der Waals surface area (Å²) in [7, 11) is 5.43. The number of esters is 2. The van der Waals surface area contributed by atoms with Gasteiger partial charge < -0.3 is 28.6 Å². The molecular formula is C59H111NO7. The van der Waals surface area contributed by atoms with Gasteiger partial charge in [0.15, 0.2) is 6.10 Å². The van der Waals surface area contributed by atoms with E-state index in [0.717, 1.165) is 51.4 Å². The van der Waals surface area contributed by atoms with Crippen molar-refractivity contribution in [2.24, 2.45) is 0 Å². The first-order valence-electron chi connectivity index (χ1n) is 28.9. The Morgan fingerprint density at radius 1 is 0.448 bits per heavy atom. The second-order valence-corrected chi connectivity index (χ2v) is 20.9. The molecule has 0 aliphatic rings. The fourth-order valence-electron chi connectivity index (χ4n) is 8.87. The minimum absolute atomic E-state index is 0.0431. The maximum atomic E-state index is 12.8. The number of rotatable bonds is 53. The predicted molar refractivity (Wildman–Crippen MR) is 282 cm³/mol. The van der Waals surface area contributed by atoms with Gasteiger partial charge in [-0.15, -0.1) is 0 Å². The van der Waals surface area contributed by atoms with Crippen molar-refractivity contribution in [2.45, 2.75) is 296 Å². The Balaban J connectivity index is 4.16. The van der Waals surface area contributed by atoms with E-state index in [1.54, 1.807) is 0 Å². The molecule has 0 aromatic rings. The van der Waals surface area contributed by atoms with Crippen molar-refractivity contribution >= 4 is 17.9 Å². The summed E-state index contributed by atoms with van der Waals surface area (Å²) in [6.45, 7) is 4.71. The van der Waals surface area contributed by atoms with Crippen molar-refractivity contribution < 1.29 is 38.2 Å². The van der Waals surface area contributed by atoms with Gasteiger partial charge in [-0.25, -0.2) is 0 Å². The number of quaternary nitrogens is 1. The van der Waals surface area contributed by atoms with Crippen LogP contribution in [-0.4, -0.2) is 75.5 Å². The Kier molecular flexibility index (Phi) is 48.6. The lowest BCUT2D eigenvalue weighted by Gasteiger charge is -2.34. The molecule has 8 heteroatoms. The highest BCUT2D eigenvalue weighted by Crippen LogP contribution is 2.17. The van der Waals surface area contributed by atoms with Gasteiger partial charge in [-0.3, -0.25) is 9.59 Å². The zero-order chi connectivity index (χ0) is 49.2. The van der Waals surface area contributed by atoms with E-state index in [1.165, 1.54) is 199 Å². The summed E-state index contributed by atoms with van der Waals surface area (Å²) in [6.07, 6.45) is 59.3. The fourth-order valence-corrected chi connectivity index (χ4v) is 8.87. The number of ether oxygens (including phenoxy) is 3. The molecule has 2 atom stereocenters. The van der Waals surface area contributed by atoms with Crippen LogP contribution in [0.25, 0.3) is 0 Å². The van der Waals surface area contributed by atoms with E-state index < -0.39 is 18.1 Å². The number of carboxylic acids is 1. The number of allylic oxidation sites excluding steroid dienone is 4. The number of nitrogens with zero attached hydrogens (tertiary/aromatic N) is 1. The first-order valence-corrected chi connectivity index (χ1v) is 28.9. The van der Waals surface area contributed by atoms with Crippen LogP contribution in [0.2, 0.25) is 0 Å². The number of aliphatic carboxylic acids is 1. The molecule has 0 aromatic heterocycles. The number of unbranched alkanes of at least 4 members (excludes halogenated alkanes) is 35. The second kappa shape index (κ2) is 50.2. The standard InChI is InChI=1S/C59H111NO7/c1-6-8-10-12-14-16-18-20-22-24-26-28-29-30-32-33-35-37-39-41-43-45-47-49-57(61)66-54-55(53-65-52-51-56(59(63)64)60(3,4)5)67-58(62)50-48-46-44-42-40-38-36-34-31-27-25-23-21-19-17-15-13-11-9-7-2/h26,28,30,32,55-56H,6-25,27,29,31,33-54H2,1-5H3/b28-26+,32-30+. The van der Waals surface area contributed by atoms with E-state index >= 15 is 0 Å². The van der Waals surface area contributed by atoms with Gasteiger partial charge in [-0.05, 0) is 44.9 Å². The Labute approximate surface area is 415 Å². The van der Waals surface area contributed by atoms with Gasteiger partial charge in [0.2, 0.25) is 0 Å². The summed E-state index contributed by atoms with van der Waals surface area (Å²) in [6, 6.07) is -0.725. The summed E-state index contributed by atoms with van der Waals surface area (Å²) in [4.78, 5) is 37.1. The molecule has 0 saturated carbocycles. The molecule has 0 bridgehead atoms. The van der Waals surface area contributed by atoms with E-state index in [0.29, 0.717) is 12.8 Å². The minimum Gasteiger partial charge on any atom is -0.544 e. The molecule has 0 rings (SSSR count). The SMILES string of the molecule is CCCCCCCCCCC/C=C/C/C=C/CCCCCCCCCC(=O)OCC(COCCC(C(=O)[O-])[N+](C)(C)C)OC(=O)CCCCCCCCCCCCCCCCCCCCCC. The van der Waals surface area contributed by atoms with Crippen molar-refractivity contribution in [1.29, 1.82) is 0 Å². The number of carbonyl (C=O) groups excluding carboxylic acids is 3. The number of carboxylic acid groups (broad SMARTS) is 1. The smallest absolute Gasteiger partial charge is 0.306 e. The van der Waals surface area contributed by atoms with Crippen LogP contribution in [0.1, 0.15) is 284 Å². The molecule has 0 aliphatic carbocycles. The molecule has 2 unspecified atom stereocenters. The summed E-state index contributed by atoms with van der Waals surface area (Å²) in [5, 5.41) is 11.7. The molecule has 67 heavy (non-hydrogen) atoms. The van der Waals surface area contributed by atoms with Crippen LogP contribution in [0.3, 0.4) is 0 Å². The van der Waals surface area contributed by atoms with Crippen LogP contribution < -0.4 is 5.11 Å². The zero-order valence-electron chi connectivity index (χ0n) is 45.1. The largest absolute Gasteiger partial charge is 0.544 e. The Morgan fingerprint density at radius 2 is 0.791 bits per heavy atom. The van der Waals surface area contributed by atoms with Crippen LogP contribution in [-0.2, 0) is 28.6 Å². The van der Waals surface area contributed by atoms with Crippen molar-refractivity contribution in [3.05, 3.63) is 24.3 Å². The Morgan fingerprint density at radius 3 is 1.15 bits per heavy atom. The van der Waals surface area contributed by atoms with Crippen LogP contribution in [0, 0.1) is 0 Å². The first-order chi connectivity index (χ1) is 32.6. The highest BCUT2D eigenvalue weighted by atomic mass is 16.6. The van der Waals surface area contributed by atoms with Gasteiger partial charge >= 0.3 is 11.9 Å². The number of likely N-dealkylation sites (N-methyl/N-ethyl adjacent to an activating group) is 1. The predicted octanol–water partition coefficient (Wildman–Crippen LogP) is 15.8. The number of hydrogen-bond acceptors (Lipinski definition) is 7. The monoisotopic (exact) mass is 946 g/mol. The maximum absolute atomic E-state index is 12.8. The Bertz CT molecular complexity index is 1150. The summed E-state index contributed by atoms with van der Waals surface area (Å²) < 4.78 is 17.3. The van der Waals surface area contributed by atoms with Crippen LogP contribution in [0.4, 0.5) is 0 Å². The minimum atomic E-state index is -1.12. The van der Waals surface area contributed by atoms with Crippen LogP contribution >= 0.6 is 0 Å². The van der Waals surface area contributed by atoms with E-state index in [2.05, 4.69) is 38.2 Å². The molecule has 394 valence electrons. The zero-order valence-corrected chi connectivity index (χ0v) is 45.1. The van der Waals surface area contributed by atoms with Crippen LogP contribution in [0.15, 0.2) is 24.3 Å². The molecule has 0 N–H and O–H groups in total. The average molecular weight is 947 g/mol. The topological polar surface area (TPSA) is 102 Å². The maximum Gasteiger partial charge on any atom is 0.306 e. The lowest BCUT2D eigenvalue weighted by molar-refractivity contribution is -0.889. The second-order valence-electron chi connectivity index (χ2n) is 20.9. The van der Waals surface area contributed by atoms with Crippen molar-refractivity contribution in [2.75, 3.05) is 41.0 Å². The molecule has 0 heterocycles. The van der Waals surface area contributed by atoms with E-state index in [9.17, 15) is 19.5 Å². The normalized spacial score (nSPS) is 12.9. The van der Waals surface area contributed by atoms with Gasteiger partial charge in [0.05, 0.1) is 40.3 Å². The third-order valence-corrected chi connectivity index (χ3v) is 13.3. The third kappa shape index (κ3) is 48.6. The lowest BCUT2D eigenvalue weighted by atomic mass is 10.0. The molecule has 0 spiro atoms. The number of hydrogen-bond donors (Lipinski definition) is 0. The molecular weight excluding hydrogens is 835 g/mol. The van der Waals surface area contributed by atoms with E-state index in [4.69, 9.17) is 14.2 Å². The lowest BCUT2D eigenvalue weighted by Crippen LogP contribution is -2.55. The summed E-state index contributed by atoms with van der Waals surface area (Å²) >= 11 is 0. The van der Waals surface area contributed by atoms with Gasteiger partial charge in [0.1, 0.15) is 12.6 Å². The molecule has 0 fully saturated rings. The Hall–Kier alpha value is -2.19. The van der Waals surface area contributed by atoms with Gasteiger partial charge in [-0.1, -0.05) is 244 Å². The molecule has 0 amide bonds. The van der Waals surface area contributed by atoms with Crippen molar-refractivity contribution in [3.8, 4) is 0 Å². The van der Waals surface area contributed by atoms with Gasteiger partial charge in [-0.2, -0.15) is 0 Å². The molecule has 0 aromatic carbocycles. The fraction of sp³-hybridized carbons (Fsp3) is 0.881. The van der Waals surface area contributed by atoms with Crippen LogP contribution in [0.5, 0.6) is 0 Å². The molecule has 0 radical (unpaired) electrons. The van der Waals surface area contributed by atoms with Gasteiger partial charge in [0.25, 0.3) is 0 Å². The molecule has 0 aliphatic heterocycles. The molecule has 0 saturated heterocycles. The molecule has 8 nitrogen and oxygen atoms in total. The van der Waals surface area contributed by atoms with Crippen molar-refractivity contribution in [3.63, 3.8) is 0 Å². The third-order valence-electron chi connectivity index (χ3n) is 13.3. The first kappa shape index (κ1) is 64.8. The van der Waals surface area contributed by atoms with E-state index in [1.807, 2.05) is 21.1 Å². The number of carbonyl (C=O) groups is 3. The summed E-state index contributed by atoms with van der Waals surface area (Å²) in [5.41, 5.74) is 0. The highest BCUT2D eigenvalue weighted by Gasteiger charge is 2.25. The highest BCUT2D eigenvalue weighted by molar-refractivity contribution is 5.70. The average Bonchev–Trinajstić information content (AvgIpc) is 3.29. The van der Waals surface area contributed by atoms with Gasteiger partial charge in [0, 0.05) is 19.3 Å². The van der Waals surface area contributed by atoms with E-state index in [-0.39, 0.29) is 42.7 Å².